The fraction of sp³-hybridized carbons (Fsp3) is 0.375. The normalized spacial score (nSPS) is 9.93. The highest BCUT2D eigenvalue weighted by molar-refractivity contribution is 7.99. The topological polar surface area (TPSA) is 92.3 Å². The van der Waals surface area contributed by atoms with Gasteiger partial charge >= 0.3 is 5.97 Å². The third kappa shape index (κ3) is 4.03. The van der Waals surface area contributed by atoms with Crippen LogP contribution in [0, 0.1) is 0 Å². The van der Waals surface area contributed by atoms with Crippen molar-refractivity contribution in [3.8, 4) is 5.88 Å². The highest BCUT2D eigenvalue weighted by Crippen LogP contribution is 2.13. The van der Waals surface area contributed by atoms with Crippen LogP contribution in [0.4, 0.5) is 0 Å². The molecule has 1 aromatic heterocycles. The van der Waals surface area contributed by atoms with Gasteiger partial charge < -0.3 is 14.8 Å². The molecule has 7 heteroatoms. The van der Waals surface area contributed by atoms with Crippen molar-refractivity contribution in [3.05, 3.63) is 16.4 Å². The van der Waals surface area contributed by atoms with E-state index in [1.807, 2.05) is 0 Å². The van der Waals surface area contributed by atoms with Crippen molar-refractivity contribution in [1.82, 2.24) is 9.97 Å². The summed E-state index contributed by atoms with van der Waals surface area (Å²) in [7, 11) is 0. The Morgan fingerprint density at radius 2 is 2.47 bits per heavy atom. The van der Waals surface area contributed by atoms with Crippen LogP contribution in [0.15, 0.2) is 16.0 Å². The van der Waals surface area contributed by atoms with Crippen LogP contribution >= 0.6 is 11.8 Å². The van der Waals surface area contributed by atoms with Crippen LogP contribution in [0.25, 0.3) is 0 Å². The molecule has 0 saturated carbocycles. The number of carbonyl (C=O) groups is 1. The van der Waals surface area contributed by atoms with Crippen LogP contribution < -0.4 is 5.56 Å². The Balaban J connectivity index is 2.58. The molecule has 15 heavy (non-hydrogen) atoms. The number of aromatic hydroxyl groups is 1. The van der Waals surface area contributed by atoms with Crippen molar-refractivity contribution in [1.29, 1.82) is 0 Å². The Hall–Kier alpha value is -1.50. The quantitative estimate of drug-likeness (QED) is 0.434. The van der Waals surface area contributed by atoms with Gasteiger partial charge in [0, 0.05) is 0 Å². The molecule has 0 saturated heterocycles. The number of carbonyl (C=O) groups excluding carboxylic acids is 1. The van der Waals surface area contributed by atoms with Gasteiger partial charge in [-0.1, -0.05) is 11.8 Å². The molecule has 6 nitrogen and oxygen atoms in total. The number of thioether (sulfide) groups is 1. The number of hydrogen-bond donors (Lipinski definition) is 2. The molecule has 82 valence electrons. The molecule has 0 spiro atoms. The minimum Gasteiger partial charge on any atom is -0.493 e. The van der Waals surface area contributed by atoms with E-state index in [0.29, 0.717) is 6.61 Å². The van der Waals surface area contributed by atoms with E-state index in [0.717, 1.165) is 17.8 Å². The maximum atomic E-state index is 11.0. The lowest BCUT2D eigenvalue weighted by molar-refractivity contribution is -0.139. The van der Waals surface area contributed by atoms with Crippen molar-refractivity contribution >= 4 is 17.7 Å². The molecule has 0 atom stereocenters. The van der Waals surface area contributed by atoms with Crippen molar-refractivity contribution in [2.24, 2.45) is 0 Å². The molecule has 0 amide bonds. The maximum Gasteiger partial charge on any atom is 0.316 e. The fourth-order valence-corrected chi connectivity index (χ4v) is 1.49. The van der Waals surface area contributed by atoms with Crippen molar-refractivity contribution in [3.63, 3.8) is 0 Å². The molecule has 0 unspecified atom stereocenters. The first-order chi connectivity index (χ1) is 7.11. The zero-order valence-electron chi connectivity index (χ0n) is 8.02. The molecule has 0 radical (unpaired) electrons. The Bertz CT molecular complexity index is 404. The number of H-pyrrole nitrogens is 1. The minimum absolute atomic E-state index is 0.0419. The molecule has 1 aromatic rings. The lowest BCUT2D eigenvalue weighted by Gasteiger charge is -2.01. The van der Waals surface area contributed by atoms with E-state index in [-0.39, 0.29) is 16.8 Å². The van der Waals surface area contributed by atoms with E-state index in [4.69, 9.17) is 5.11 Å². The van der Waals surface area contributed by atoms with Crippen LogP contribution in [0.2, 0.25) is 0 Å². The summed E-state index contributed by atoms with van der Waals surface area (Å²) in [5.41, 5.74) is -0.464. The van der Waals surface area contributed by atoms with Gasteiger partial charge in [-0.15, -0.1) is 0 Å². The SMILES string of the molecule is CCOC(=O)CSc1nc(O)cc(=O)[nH]1. The molecule has 0 fully saturated rings. The van der Waals surface area contributed by atoms with Gasteiger partial charge in [-0.2, -0.15) is 4.98 Å². The summed E-state index contributed by atoms with van der Waals surface area (Å²) in [4.78, 5) is 27.9. The van der Waals surface area contributed by atoms with Gasteiger partial charge in [0.15, 0.2) is 5.16 Å². The van der Waals surface area contributed by atoms with E-state index in [2.05, 4.69) is 14.7 Å². The van der Waals surface area contributed by atoms with E-state index in [1.165, 1.54) is 0 Å². The first kappa shape index (κ1) is 11.6. The summed E-state index contributed by atoms with van der Waals surface area (Å²) in [5, 5.41) is 9.19. The molecule has 0 aliphatic rings. The summed E-state index contributed by atoms with van der Waals surface area (Å²) < 4.78 is 4.68. The molecule has 1 rings (SSSR count). The number of aromatic amines is 1. The van der Waals surface area contributed by atoms with Gasteiger partial charge in [-0.05, 0) is 6.92 Å². The molecule has 0 aliphatic carbocycles. The van der Waals surface area contributed by atoms with Crippen molar-refractivity contribution < 1.29 is 14.6 Å². The number of rotatable bonds is 4. The van der Waals surface area contributed by atoms with Crippen molar-refractivity contribution in [2.75, 3.05) is 12.4 Å². The number of hydrogen-bond acceptors (Lipinski definition) is 6. The van der Waals surface area contributed by atoms with Crippen molar-refractivity contribution in [2.45, 2.75) is 12.1 Å². The molecular weight excluding hydrogens is 220 g/mol. The van der Waals surface area contributed by atoms with Crippen LogP contribution in [-0.4, -0.2) is 33.4 Å². The first-order valence-electron chi connectivity index (χ1n) is 4.20. The van der Waals surface area contributed by atoms with Crippen LogP contribution in [0.1, 0.15) is 6.92 Å². The fourth-order valence-electron chi connectivity index (χ4n) is 0.821. The lowest BCUT2D eigenvalue weighted by atomic mass is 10.6. The highest BCUT2D eigenvalue weighted by atomic mass is 32.2. The molecule has 0 aliphatic heterocycles. The smallest absolute Gasteiger partial charge is 0.316 e. The summed E-state index contributed by atoms with van der Waals surface area (Å²) in [6.45, 7) is 2.01. The zero-order valence-corrected chi connectivity index (χ0v) is 8.84. The second-order valence-corrected chi connectivity index (χ2v) is 3.47. The van der Waals surface area contributed by atoms with Gasteiger partial charge in [-0.25, -0.2) is 0 Å². The maximum absolute atomic E-state index is 11.0. The Morgan fingerprint density at radius 3 is 3.07 bits per heavy atom. The molecule has 2 N–H and O–H groups in total. The second-order valence-electron chi connectivity index (χ2n) is 2.50. The number of esters is 1. The number of nitrogens with zero attached hydrogens (tertiary/aromatic N) is 1. The number of aromatic nitrogens is 2. The first-order valence-corrected chi connectivity index (χ1v) is 5.19. The van der Waals surface area contributed by atoms with E-state index in [1.54, 1.807) is 6.92 Å². The molecule has 0 aromatic carbocycles. The second kappa shape index (κ2) is 5.40. The van der Waals surface area contributed by atoms with Gasteiger partial charge in [0.25, 0.3) is 5.56 Å². The third-order valence-corrected chi connectivity index (χ3v) is 2.19. The summed E-state index contributed by atoms with van der Waals surface area (Å²) in [6.07, 6.45) is 0. The molecular formula is C8H10N2O4S. The predicted molar refractivity (Wildman–Crippen MR) is 53.9 cm³/mol. The lowest BCUT2D eigenvalue weighted by Crippen LogP contribution is -2.10. The summed E-state index contributed by atoms with van der Waals surface area (Å²) >= 11 is 0.996. The predicted octanol–water partition coefficient (Wildman–Crippen LogP) is 0.131. The van der Waals surface area contributed by atoms with E-state index < -0.39 is 11.5 Å². The summed E-state index contributed by atoms with van der Waals surface area (Å²) in [5.74, 6) is -0.723. The molecule has 1 heterocycles. The minimum atomic E-state index is -0.464. The van der Waals surface area contributed by atoms with Gasteiger partial charge in [0.1, 0.15) is 0 Å². The van der Waals surface area contributed by atoms with Gasteiger partial charge in [0.2, 0.25) is 5.88 Å². The highest BCUT2D eigenvalue weighted by Gasteiger charge is 2.05. The van der Waals surface area contributed by atoms with Gasteiger partial charge in [-0.3, -0.25) is 9.59 Å². The Labute approximate surface area is 89.7 Å². The monoisotopic (exact) mass is 230 g/mol. The Kier molecular flexibility index (Phi) is 4.17. The largest absolute Gasteiger partial charge is 0.493 e. The standard InChI is InChI=1S/C8H10N2O4S/c1-2-14-7(13)4-15-8-9-5(11)3-6(12)10-8/h3H,2,4H2,1H3,(H2,9,10,11,12). The average Bonchev–Trinajstić information content (AvgIpc) is 2.14. The van der Waals surface area contributed by atoms with E-state index >= 15 is 0 Å². The average molecular weight is 230 g/mol. The number of nitrogens with one attached hydrogen (secondary N) is 1. The summed E-state index contributed by atoms with van der Waals surface area (Å²) in [6, 6.07) is 0.953. The van der Waals surface area contributed by atoms with Crippen LogP contribution in [0.3, 0.4) is 0 Å². The van der Waals surface area contributed by atoms with Crippen LogP contribution in [-0.2, 0) is 9.53 Å². The van der Waals surface area contributed by atoms with Gasteiger partial charge in [0.05, 0.1) is 18.4 Å². The Morgan fingerprint density at radius 1 is 1.73 bits per heavy atom. The third-order valence-electron chi connectivity index (χ3n) is 1.34. The molecule has 0 bridgehead atoms. The number of ether oxygens (including phenoxy) is 1. The van der Waals surface area contributed by atoms with Crippen LogP contribution in [0.5, 0.6) is 5.88 Å². The zero-order chi connectivity index (χ0) is 11.3. The van der Waals surface area contributed by atoms with E-state index in [9.17, 15) is 9.59 Å².